The van der Waals surface area contributed by atoms with Gasteiger partial charge in [0.1, 0.15) is 0 Å². The fourth-order valence-electron chi connectivity index (χ4n) is 5.28. The van der Waals surface area contributed by atoms with Crippen LogP contribution in [-0.2, 0) is 13.0 Å². The number of hydrogen-bond acceptors (Lipinski definition) is 3. The molecule has 0 saturated heterocycles. The molecule has 0 amide bonds. The van der Waals surface area contributed by atoms with Crippen LogP contribution in [0.25, 0.3) is 0 Å². The van der Waals surface area contributed by atoms with Gasteiger partial charge in [-0.05, 0) is 82.1 Å². The molecule has 0 aromatic heterocycles. The maximum Gasteiger partial charge on any atom is 0.266 e. The van der Waals surface area contributed by atoms with Gasteiger partial charge >= 0.3 is 0 Å². The Morgan fingerprint density at radius 3 is 1.58 bits per heavy atom. The highest BCUT2D eigenvalue weighted by molar-refractivity contribution is 6.93. The van der Waals surface area contributed by atoms with E-state index in [1.165, 1.54) is 0 Å². The highest BCUT2D eigenvalue weighted by Gasteiger charge is 2.66. The van der Waals surface area contributed by atoms with Gasteiger partial charge in [-0.3, -0.25) is 0 Å². The molecule has 3 unspecified atom stereocenters. The van der Waals surface area contributed by atoms with Gasteiger partial charge in [0, 0.05) is 0 Å². The lowest BCUT2D eigenvalue weighted by atomic mass is 10.1. The monoisotopic (exact) mass is 574 g/mol. The van der Waals surface area contributed by atoms with Crippen LogP contribution in [0.4, 0.5) is 0 Å². The van der Waals surface area contributed by atoms with Crippen molar-refractivity contribution in [2.75, 3.05) is 0 Å². The summed E-state index contributed by atoms with van der Waals surface area (Å²) in [7, 11) is -9.15. The van der Waals surface area contributed by atoms with Crippen LogP contribution in [0.2, 0.25) is 55.4 Å². The molecule has 0 rings (SSSR count). The minimum absolute atomic E-state index is 0.155. The second kappa shape index (κ2) is 12.8. The summed E-state index contributed by atoms with van der Waals surface area (Å²) in [5, 5.41) is -0.685. The lowest BCUT2D eigenvalue weighted by Gasteiger charge is -2.60. The highest BCUT2D eigenvalue weighted by atomic mass is 28.4. The van der Waals surface area contributed by atoms with Gasteiger partial charge in [-0.15, -0.1) is 6.58 Å². The summed E-state index contributed by atoms with van der Waals surface area (Å²) >= 11 is 0. The van der Waals surface area contributed by atoms with E-state index >= 15 is 0 Å². The van der Waals surface area contributed by atoms with Gasteiger partial charge in [-0.1, -0.05) is 87.3 Å². The van der Waals surface area contributed by atoms with Gasteiger partial charge in [0.2, 0.25) is 0 Å². The average molecular weight is 575 g/mol. The molecule has 3 nitrogen and oxygen atoms in total. The standard InChI is InChI=1S/C29H66O3Si4/c1-19-24-29(12,31-35(17,18)27(9,10)21-3)36(23-5,32-34(15,16)26(8)20-2)28(11,22-4)30-33(13,14)25(6)7/h23,25-26H,5,19-22,24H2,1-4,6-18H3/t26?,28-,29?,36?/m0/s1. The van der Waals surface area contributed by atoms with E-state index in [1.54, 1.807) is 0 Å². The second-order valence-corrected chi connectivity index (χ2v) is 32.4. The Balaban J connectivity index is 7.49. The van der Waals surface area contributed by atoms with Crippen molar-refractivity contribution in [1.82, 2.24) is 0 Å². The summed E-state index contributed by atoms with van der Waals surface area (Å²) in [4.78, 5) is 0. The first kappa shape index (κ1) is 36.5. The average Bonchev–Trinajstić information content (AvgIpc) is 2.75. The molecule has 0 spiro atoms. The van der Waals surface area contributed by atoms with E-state index in [-0.39, 0.29) is 5.04 Å². The van der Waals surface area contributed by atoms with Crippen LogP contribution in [-0.4, -0.2) is 43.7 Å². The van der Waals surface area contributed by atoms with Crippen LogP contribution in [0.5, 0.6) is 0 Å². The first-order valence-corrected chi connectivity index (χ1v) is 25.6. The maximum atomic E-state index is 7.77. The molecule has 0 aliphatic rings. The molecule has 0 bridgehead atoms. The molecule has 0 fully saturated rings. The van der Waals surface area contributed by atoms with E-state index in [0.717, 1.165) is 32.1 Å². The first-order valence-electron chi connectivity index (χ1n) is 14.8. The lowest BCUT2D eigenvalue weighted by Crippen LogP contribution is -2.78. The van der Waals surface area contributed by atoms with Crippen LogP contribution >= 0.6 is 0 Å². The Labute approximate surface area is 232 Å². The van der Waals surface area contributed by atoms with Crippen molar-refractivity contribution >= 4 is 33.3 Å². The lowest BCUT2D eigenvalue weighted by molar-refractivity contribution is 0.0645. The smallest absolute Gasteiger partial charge is 0.266 e. The minimum Gasteiger partial charge on any atom is -0.449 e. The van der Waals surface area contributed by atoms with Crippen molar-refractivity contribution in [3.8, 4) is 0 Å². The van der Waals surface area contributed by atoms with Crippen molar-refractivity contribution in [2.24, 2.45) is 0 Å². The van der Waals surface area contributed by atoms with Gasteiger partial charge in [0.05, 0.1) is 10.4 Å². The molecule has 0 saturated carbocycles. The van der Waals surface area contributed by atoms with Crippen LogP contribution in [0, 0.1) is 0 Å². The predicted molar refractivity (Wildman–Crippen MR) is 173 cm³/mol. The third-order valence-electron chi connectivity index (χ3n) is 10.4. The van der Waals surface area contributed by atoms with Crippen LogP contribution < -0.4 is 0 Å². The van der Waals surface area contributed by atoms with E-state index in [4.69, 9.17) is 13.0 Å². The van der Waals surface area contributed by atoms with Gasteiger partial charge in [-0.25, -0.2) is 0 Å². The third kappa shape index (κ3) is 7.36. The third-order valence-corrected chi connectivity index (χ3v) is 29.8. The molecule has 0 aromatic carbocycles. The fraction of sp³-hybridized carbons (Fsp3) is 0.931. The summed E-state index contributed by atoms with van der Waals surface area (Å²) in [5.74, 6) is 0. The molecule has 0 aliphatic carbocycles. The van der Waals surface area contributed by atoms with Crippen LogP contribution in [0.15, 0.2) is 12.3 Å². The molecule has 7 heteroatoms. The summed E-state index contributed by atoms with van der Waals surface area (Å²) < 4.78 is 22.8. The molecule has 0 aromatic rings. The van der Waals surface area contributed by atoms with E-state index in [9.17, 15) is 0 Å². The zero-order valence-electron chi connectivity index (χ0n) is 27.7. The molecular weight excluding hydrogens is 509 g/mol. The van der Waals surface area contributed by atoms with E-state index in [2.05, 4.69) is 128 Å². The van der Waals surface area contributed by atoms with E-state index in [0.29, 0.717) is 11.1 Å². The topological polar surface area (TPSA) is 27.7 Å². The Kier molecular flexibility index (Phi) is 12.9. The Hall–Kier alpha value is 0.488. The Morgan fingerprint density at radius 2 is 1.25 bits per heavy atom. The van der Waals surface area contributed by atoms with Crippen molar-refractivity contribution in [3.63, 3.8) is 0 Å². The summed E-state index contributed by atoms with van der Waals surface area (Å²) in [6.07, 6.45) is 5.16. The quantitative estimate of drug-likeness (QED) is 0.162. The highest BCUT2D eigenvalue weighted by Crippen LogP contribution is 2.51. The van der Waals surface area contributed by atoms with E-state index in [1.807, 2.05) is 0 Å². The molecule has 0 radical (unpaired) electrons. The zero-order valence-corrected chi connectivity index (χ0v) is 31.7. The molecular formula is C29H66O3Si4. The first-order chi connectivity index (χ1) is 16.0. The van der Waals surface area contributed by atoms with Crippen molar-refractivity contribution in [1.29, 1.82) is 0 Å². The Bertz CT molecular complexity index is 707. The van der Waals surface area contributed by atoms with Gasteiger partial charge < -0.3 is 13.0 Å². The zero-order chi connectivity index (χ0) is 29.0. The normalized spacial score (nSPS) is 19.9. The molecule has 4 atom stereocenters. The predicted octanol–water partition coefficient (Wildman–Crippen LogP) is 10.5. The fourth-order valence-corrected chi connectivity index (χ4v) is 22.2. The van der Waals surface area contributed by atoms with Crippen LogP contribution in [0.3, 0.4) is 0 Å². The summed E-state index contributed by atoms with van der Waals surface area (Å²) in [6, 6.07) is 0. The Morgan fingerprint density at radius 1 is 0.750 bits per heavy atom. The van der Waals surface area contributed by atoms with Gasteiger partial charge in [-0.2, -0.15) is 0 Å². The van der Waals surface area contributed by atoms with E-state index < -0.39 is 43.7 Å². The van der Waals surface area contributed by atoms with Crippen LogP contribution in [0.1, 0.15) is 108 Å². The van der Waals surface area contributed by atoms with Crippen molar-refractivity contribution < 1.29 is 13.0 Å². The number of hydrogen-bond donors (Lipinski definition) is 0. The SMILES string of the molecule is C=C[Si](O[Si](C)(C)C(C)CC)(C(C)(CCC)O[Si](C)(C)C(C)(C)CC)[C@@](C)(CC)O[Si](C)(C)C(C)C. The molecule has 0 heterocycles. The van der Waals surface area contributed by atoms with Gasteiger partial charge in [0.25, 0.3) is 8.32 Å². The molecule has 36 heavy (non-hydrogen) atoms. The second-order valence-electron chi connectivity index (χ2n) is 14.2. The van der Waals surface area contributed by atoms with Crippen molar-refractivity contribution in [2.45, 2.75) is 174 Å². The summed E-state index contributed by atoms with van der Waals surface area (Å²) in [5.41, 5.74) is 3.31. The summed E-state index contributed by atoms with van der Waals surface area (Å²) in [6.45, 7) is 44.7. The molecule has 0 aliphatic heterocycles. The van der Waals surface area contributed by atoms with Crippen molar-refractivity contribution in [3.05, 3.63) is 12.3 Å². The minimum atomic E-state index is -2.92. The number of rotatable bonds is 17. The molecule has 0 N–H and O–H groups in total. The van der Waals surface area contributed by atoms with Gasteiger partial charge in [0.15, 0.2) is 25.0 Å². The largest absolute Gasteiger partial charge is 0.449 e. The molecule has 216 valence electrons. The maximum absolute atomic E-state index is 7.77.